The SMILES string of the molecule is NNC(=O)C1(Cl)CCC1. The number of rotatable bonds is 1. The van der Waals surface area contributed by atoms with Gasteiger partial charge in [-0.2, -0.15) is 0 Å². The van der Waals surface area contributed by atoms with Crippen molar-refractivity contribution in [3.63, 3.8) is 0 Å². The molecule has 0 heterocycles. The first-order chi connectivity index (χ1) is 4.19. The number of alkyl halides is 1. The summed E-state index contributed by atoms with van der Waals surface area (Å²) in [6.07, 6.45) is 2.52. The van der Waals surface area contributed by atoms with Crippen LogP contribution in [-0.2, 0) is 4.79 Å². The van der Waals surface area contributed by atoms with E-state index in [1.807, 2.05) is 5.43 Å². The van der Waals surface area contributed by atoms with Crippen LogP contribution in [0.15, 0.2) is 0 Å². The lowest BCUT2D eigenvalue weighted by Gasteiger charge is -2.32. The quantitative estimate of drug-likeness (QED) is 0.241. The third-order valence-electron chi connectivity index (χ3n) is 1.68. The van der Waals surface area contributed by atoms with Crippen molar-refractivity contribution >= 4 is 17.5 Å². The van der Waals surface area contributed by atoms with Gasteiger partial charge in [0.2, 0.25) is 0 Å². The molecule has 0 spiro atoms. The lowest BCUT2D eigenvalue weighted by atomic mass is 9.84. The van der Waals surface area contributed by atoms with Crippen LogP contribution in [0.4, 0.5) is 0 Å². The van der Waals surface area contributed by atoms with E-state index in [-0.39, 0.29) is 5.91 Å². The van der Waals surface area contributed by atoms with Crippen molar-refractivity contribution in [2.45, 2.75) is 24.1 Å². The molecule has 0 aromatic rings. The van der Waals surface area contributed by atoms with Gasteiger partial charge in [-0.3, -0.25) is 10.2 Å². The number of hydrazine groups is 1. The Labute approximate surface area is 58.5 Å². The van der Waals surface area contributed by atoms with Gasteiger partial charge in [-0.05, 0) is 19.3 Å². The molecule has 9 heavy (non-hydrogen) atoms. The minimum Gasteiger partial charge on any atom is -0.293 e. The molecule has 1 rings (SSSR count). The van der Waals surface area contributed by atoms with E-state index < -0.39 is 4.87 Å². The van der Waals surface area contributed by atoms with Gasteiger partial charge < -0.3 is 0 Å². The van der Waals surface area contributed by atoms with E-state index in [1.165, 1.54) is 0 Å². The van der Waals surface area contributed by atoms with Crippen LogP contribution in [0.2, 0.25) is 0 Å². The number of hydrogen-bond donors (Lipinski definition) is 2. The molecule has 1 aliphatic rings. The van der Waals surface area contributed by atoms with Gasteiger partial charge in [0, 0.05) is 0 Å². The van der Waals surface area contributed by atoms with Gasteiger partial charge in [-0.15, -0.1) is 11.6 Å². The van der Waals surface area contributed by atoms with E-state index in [9.17, 15) is 4.79 Å². The average Bonchev–Trinajstić information content (AvgIpc) is 1.81. The first-order valence-electron chi connectivity index (χ1n) is 2.89. The molecule has 0 atom stereocenters. The highest BCUT2D eigenvalue weighted by Gasteiger charge is 2.41. The zero-order valence-electron chi connectivity index (χ0n) is 4.98. The highest BCUT2D eigenvalue weighted by molar-refractivity contribution is 6.35. The highest BCUT2D eigenvalue weighted by atomic mass is 35.5. The Bertz CT molecular complexity index is 133. The molecule has 0 aromatic heterocycles. The van der Waals surface area contributed by atoms with Crippen molar-refractivity contribution in [1.29, 1.82) is 0 Å². The van der Waals surface area contributed by atoms with Crippen LogP contribution >= 0.6 is 11.6 Å². The van der Waals surface area contributed by atoms with E-state index in [4.69, 9.17) is 17.4 Å². The summed E-state index contributed by atoms with van der Waals surface area (Å²) in [7, 11) is 0. The highest BCUT2D eigenvalue weighted by Crippen LogP contribution is 2.37. The normalized spacial score (nSPS) is 22.4. The van der Waals surface area contributed by atoms with Gasteiger partial charge in [0.15, 0.2) is 0 Å². The van der Waals surface area contributed by atoms with E-state index in [1.54, 1.807) is 0 Å². The summed E-state index contributed by atoms with van der Waals surface area (Å²) in [5, 5.41) is 0. The van der Waals surface area contributed by atoms with Crippen molar-refractivity contribution in [2.75, 3.05) is 0 Å². The number of nitrogens with two attached hydrogens (primary N) is 1. The molecule has 0 aromatic carbocycles. The second-order valence-corrected chi connectivity index (χ2v) is 3.02. The number of carbonyl (C=O) groups excluding carboxylic acids is 1. The molecule has 1 aliphatic carbocycles. The summed E-state index contributed by atoms with van der Waals surface area (Å²) in [5.41, 5.74) is 2.04. The molecule has 1 fully saturated rings. The van der Waals surface area contributed by atoms with Crippen LogP contribution in [-0.4, -0.2) is 10.8 Å². The van der Waals surface area contributed by atoms with Crippen LogP contribution in [0.5, 0.6) is 0 Å². The Morgan fingerprint density at radius 1 is 1.67 bits per heavy atom. The van der Waals surface area contributed by atoms with Crippen molar-refractivity contribution in [1.82, 2.24) is 5.43 Å². The summed E-state index contributed by atoms with van der Waals surface area (Å²) in [4.78, 5) is 10.1. The van der Waals surface area contributed by atoms with E-state index >= 15 is 0 Å². The van der Waals surface area contributed by atoms with Gasteiger partial charge >= 0.3 is 0 Å². The molecule has 4 heteroatoms. The Balaban J connectivity index is 2.49. The first kappa shape index (κ1) is 6.83. The first-order valence-corrected chi connectivity index (χ1v) is 3.27. The third-order valence-corrected chi connectivity index (χ3v) is 2.23. The maximum atomic E-state index is 10.7. The minimum atomic E-state index is -0.672. The van der Waals surface area contributed by atoms with Crippen LogP contribution in [0.1, 0.15) is 19.3 Å². The van der Waals surface area contributed by atoms with Gasteiger partial charge in [0.1, 0.15) is 4.87 Å². The number of nitrogens with one attached hydrogen (secondary N) is 1. The van der Waals surface area contributed by atoms with Crippen LogP contribution in [0.25, 0.3) is 0 Å². The van der Waals surface area contributed by atoms with Gasteiger partial charge in [0.05, 0.1) is 0 Å². The van der Waals surface area contributed by atoms with Crippen LogP contribution < -0.4 is 11.3 Å². The summed E-state index contributed by atoms with van der Waals surface area (Å²) in [5.74, 6) is 4.63. The zero-order chi connectivity index (χ0) is 6.91. The summed E-state index contributed by atoms with van der Waals surface area (Å²) < 4.78 is 0. The molecule has 52 valence electrons. The Kier molecular flexibility index (Phi) is 1.64. The summed E-state index contributed by atoms with van der Waals surface area (Å²) in [6, 6.07) is 0. The predicted molar refractivity (Wildman–Crippen MR) is 34.8 cm³/mol. The standard InChI is InChI=1S/C5H9ClN2O/c6-5(2-1-3-5)4(9)8-7/h1-3,7H2,(H,8,9). The van der Waals surface area contributed by atoms with Gasteiger partial charge in [-0.1, -0.05) is 0 Å². The maximum absolute atomic E-state index is 10.7. The smallest absolute Gasteiger partial charge is 0.255 e. The van der Waals surface area contributed by atoms with Gasteiger partial charge in [-0.25, -0.2) is 5.84 Å². The molecule has 0 aliphatic heterocycles. The molecule has 1 saturated carbocycles. The lowest BCUT2D eigenvalue weighted by Crippen LogP contribution is -2.49. The molecule has 1 amide bonds. The van der Waals surface area contributed by atoms with E-state index in [2.05, 4.69) is 0 Å². The van der Waals surface area contributed by atoms with Crippen molar-refractivity contribution in [2.24, 2.45) is 5.84 Å². The fourth-order valence-corrected chi connectivity index (χ4v) is 1.17. The van der Waals surface area contributed by atoms with E-state index in [0.717, 1.165) is 19.3 Å². The van der Waals surface area contributed by atoms with Crippen molar-refractivity contribution in [3.05, 3.63) is 0 Å². The fourth-order valence-electron chi connectivity index (χ4n) is 0.844. The molecule has 3 nitrogen and oxygen atoms in total. The average molecular weight is 149 g/mol. The number of halogens is 1. The molecule has 0 unspecified atom stereocenters. The Hall–Kier alpha value is -0.280. The topological polar surface area (TPSA) is 55.1 Å². The summed E-state index contributed by atoms with van der Waals surface area (Å²) in [6.45, 7) is 0. The van der Waals surface area contributed by atoms with Crippen molar-refractivity contribution < 1.29 is 4.79 Å². The van der Waals surface area contributed by atoms with Crippen molar-refractivity contribution in [3.8, 4) is 0 Å². The molecular formula is C5H9ClN2O. The Morgan fingerprint density at radius 3 is 2.33 bits per heavy atom. The summed E-state index contributed by atoms with van der Waals surface area (Å²) >= 11 is 5.77. The largest absolute Gasteiger partial charge is 0.293 e. The Morgan fingerprint density at radius 2 is 2.22 bits per heavy atom. The van der Waals surface area contributed by atoms with E-state index in [0.29, 0.717) is 0 Å². The molecule has 0 radical (unpaired) electrons. The monoisotopic (exact) mass is 148 g/mol. The molecule has 0 saturated heterocycles. The van der Waals surface area contributed by atoms with Crippen LogP contribution in [0.3, 0.4) is 0 Å². The number of amides is 1. The molecular weight excluding hydrogens is 140 g/mol. The fraction of sp³-hybridized carbons (Fsp3) is 0.800. The zero-order valence-corrected chi connectivity index (χ0v) is 5.74. The lowest BCUT2D eigenvalue weighted by molar-refractivity contribution is -0.125. The van der Waals surface area contributed by atoms with Gasteiger partial charge in [0.25, 0.3) is 5.91 Å². The minimum absolute atomic E-state index is 0.254. The third kappa shape index (κ3) is 1.02. The maximum Gasteiger partial charge on any atom is 0.255 e. The number of hydrogen-bond acceptors (Lipinski definition) is 2. The molecule has 3 N–H and O–H groups in total. The second-order valence-electron chi connectivity index (χ2n) is 2.29. The van der Waals surface area contributed by atoms with Crippen LogP contribution in [0, 0.1) is 0 Å². The molecule has 0 bridgehead atoms. The number of carbonyl (C=O) groups is 1. The second kappa shape index (κ2) is 2.15. The predicted octanol–water partition coefficient (Wildman–Crippen LogP) is 0.138.